The Kier molecular flexibility index (Phi) is 7.09. The number of aromatic nitrogens is 3. The predicted molar refractivity (Wildman–Crippen MR) is 109 cm³/mol. The summed E-state index contributed by atoms with van der Waals surface area (Å²) in [7, 11) is -3.69. The van der Waals surface area contributed by atoms with Crippen LogP contribution in [-0.4, -0.2) is 48.4 Å². The molecule has 2 aromatic carbocycles. The number of thioether (sulfide) groups is 1. The molecule has 0 aliphatic heterocycles. The smallest absolute Gasteiger partial charge is 0.261 e. The van der Waals surface area contributed by atoms with Gasteiger partial charge in [0.05, 0.1) is 4.90 Å². The van der Waals surface area contributed by atoms with Gasteiger partial charge in [0.15, 0.2) is 11.8 Å². The first-order chi connectivity index (χ1) is 14.0. The summed E-state index contributed by atoms with van der Waals surface area (Å²) in [6.07, 6.45) is 1.42. The number of hydrogen-bond donors (Lipinski definition) is 3. The SMILES string of the molecule is O=C(COc1ccc(S(=O)(=O)Nc2ccccc2)cc1)NCCSc1ncn[nH]1. The summed E-state index contributed by atoms with van der Waals surface area (Å²) < 4.78 is 32.7. The van der Waals surface area contributed by atoms with Crippen molar-refractivity contribution in [2.75, 3.05) is 23.6 Å². The molecule has 3 aromatic rings. The normalized spacial score (nSPS) is 11.0. The molecule has 0 aliphatic rings. The zero-order valence-electron chi connectivity index (χ0n) is 15.2. The van der Waals surface area contributed by atoms with Gasteiger partial charge in [-0.25, -0.2) is 13.4 Å². The van der Waals surface area contributed by atoms with E-state index in [4.69, 9.17) is 4.74 Å². The van der Waals surface area contributed by atoms with E-state index in [2.05, 4.69) is 25.2 Å². The molecule has 0 unspecified atom stereocenters. The highest BCUT2D eigenvalue weighted by atomic mass is 32.2. The van der Waals surface area contributed by atoms with Gasteiger partial charge in [0, 0.05) is 18.0 Å². The summed E-state index contributed by atoms with van der Waals surface area (Å²) in [6.45, 7) is 0.289. The Hall–Kier alpha value is -3.05. The fraction of sp³-hybridized carbons (Fsp3) is 0.167. The maximum absolute atomic E-state index is 12.4. The Morgan fingerprint density at radius 2 is 1.86 bits per heavy atom. The largest absolute Gasteiger partial charge is 0.484 e. The van der Waals surface area contributed by atoms with E-state index in [9.17, 15) is 13.2 Å². The minimum atomic E-state index is -3.69. The summed E-state index contributed by atoms with van der Waals surface area (Å²) >= 11 is 1.44. The number of hydrogen-bond acceptors (Lipinski definition) is 7. The van der Waals surface area contributed by atoms with E-state index in [-0.39, 0.29) is 17.4 Å². The van der Waals surface area contributed by atoms with Gasteiger partial charge < -0.3 is 10.1 Å². The lowest BCUT2D eigenvalue weighted by atomic mass is 10.3. The molecular weight excluding hydrogens is 414 g/mol. The third-order valence-electron chi connectivity index (χ3n) is 3.59. The van der Waals surface area contributed by atoms with Gasteiger partial charge in [0.1, 0.15) is 12.1 Å². The molecular formula is C18H19N5O4S2. The first-order valence-electron chi connectivity index (χ1n) is 8.58. The van der Waals surface area contributed by atoms with Crippen molar-refractivity contribution in [2.45, 2.75) is 10.1 Å². The van der Waals surface area contributed by atoms with Crippen LogP contribution in [-0.2, 0) is 14.8 Å². The van der Waals surface area contributed by atoms with Crippen molar-refractivity contribution >= 4 is 33.4 Å². The van der Waals surface area contributed by atoms with Crippen LogP contribution in [0.4, 0.5) is 5.69 Å². The summed E-state index contributed by atoms with van der Waals surface area (Å²) in [6, 6.07) is 14.5. The molecule has 1 amide bonds. The predicted octanol–water partition coefficient (Wildman–Crippen LogP) is 1.89. The van der Waals surface area contributed by atoms with Gasteiger partial charge >= 0.3 is 0 Å². The Bertz CT molecular complexity index is 1010. The van der Waals surface area contributed by atoms with E-state index in [1.165, 1.54) is 42.4 Å². The summed E-state index contributed by atoms with van der Waals surface area (Å²) in [5, 5.41) is 9.87. The molecule has 0 radical (unpaired) electrons. The summed E-state index contributed by atoms with van der Waals surface area (Å²) in [5.74, 6) is 0.766. The molecule has 0 saturated heterocycles. The third kappa shape index (κ3) is 6.50. The molecule has 1 heterocycles. The number of benzene rings is 2. The fourth-order valence-electron chi connectivity index (χ4n) is 2.24. The van der Waals surface area contributed by atoms with E-state index >= 15 is 0 Å². The molecule has 1 aromatic heterocycles. The number of amides is 1. The Labute approximate surface area is 172 Å². The second-order valence-corrected chi connectivity index (χ2v) is 8.49. The van der Waals surface area contributed by atoms with Crippen LogP contribution < -0.4 is 14.8 Å². The standard InChI is InChI=1S/C18H19N5O4S2/c24-17(19-10-11-28-18-20-13-21-22-18)12-27-15-6-8-16(9-7-15)29(25,26)23-14-4-2-1-3-5-14/h1-9,13,23H,10-12H2,(H,19,24)(H,20,21,22). The number of carbonyl (C=O) groups is 1. The van der Waals surface area contributed by atoms with Crippen LogP contribution in [0, 0.1) is 0 Å². The van der Waals surface area contributed by atoms with Crippen molar-refractivity contribution in [3.05, 3.63) is 60.9 Å². The van der Waals surface area contributed by atoms with Gasteiger partial charge in [-0.15, -0.1) is 0 Å². The van der Waals surface area contributed by atoms with Crippen LogP contribution in [0.5, 0.6) is 5.75 Å². The van der Waals surface area contributed by atoms with Crippen LogP contribution in [0.1, 0.15) is 0 Å². The van der Waals surface area contributed by atoms with Gasteiger partial charge in [-0.3, -0.25) is 14.6 Å². The molecule has 9 nitrogen and oxygen atoms in total. The van der Waals surface area contributed by atoms with E-state index < -0.39 is 10.0 Å². The van der Waals surface area contributed by atoms with Crippen LogP contribution in [0.3, 0.4) is 0 Å². The third-order valence-corrected chi connectivity index (χ3v) is 5.86. The number of para-hydroxylation sites is 1. The zero-order chi connectivity index (χ0) is 20.5. The van der Waals surface area contributed by atoms with Crippen molar-refractivity contribution in [3.63, 3.8) is 0 Å². The molecule has 29 heavy (non-hydrogen) atoms. The first-order valence-corrected chi connectivity index (χ1v) is 11.1. The molecule has 3 N–H and O–H groups in total. The van der Waals surface area contributed by atoms with Gasteiger partial charge in [-0.2, -0.15) is 5.10 Å². The molecule has 3 rings (SSSR count). The van der Waals surface area contributed by atoms with Crippen molar-refractivity contribution in [3.8, 4) is 5.75 Å². The Morgan fingerprint density at radius 1 is 1.10 bits per heavy atom. The van der Waals surface area contributed by atoms with E-state index in [1.54, 1.807) is 30.3 Å². The van der Waals surface area contributed by atoms with Gasteiger partial charge in [-0.05, 0) is 36.4 Å². The number of aromatic amines is 1. The lowest BCUT2D eigenvalue weighted by molar-refractivity contribution is -0.122. The second kappa shape index (κ2) is 9.94. The molecule has 0 atom stereocenters. The van der Waals surface area contributed by atoms with Crippen molar-refractivity contribution in [2.24, 2.45) is 0 Å². The van der Waals surface area contributed by atoms with Gasteiger partial charge in [0.25, 0.3) is 15.9 Å². The second-order valence-electron chi connectivity index (χ2n) is 5.72. The average Bonchev–Trinajstić information content (AvgIpc) is 3.24. The van der Waals surface area contributed by atoms with E-state index in [1.807, 2.05) is 0 Å². The van der Waals surface area contributed by atoms with Crippen LogP contribution in [0.2, 0.25) is 0 Å². The van der Waals surface area contributed by atoms with Gasteiger partial charge in [-0.1, -0.05) is 30.0 Å². The fourth-order valence-corrected chi connectivity index (χ4v) is 3.93. The lowest BCUT2D eigenvalue weighted by Crippen LogP contribution is -2.30. The molecule has 0 bridgehead atoms. The topological polar surface area (TPSA) is 126 Å². The van der Waals surface area contributed by atoms with Crippen LogP contribution >= 0.6 is 11.8 Å². The minimum Gasteiger partial charge on any atom is -0.484 e. The van der Waals surface area contributed by atoms with Crippen LogP contribution in [0.25, 0.3) is 0 Å². The van der Waals surface area contributed by atoms with Crippen LogP contribution in [0.15, 0.2) is 71.0 Å². The maximum Gasteiger partial charge on any atom is 0.261 e. The minimum absolute atomic E-state index is 0.0996. The highest BCUT2D eigenvalue weighted by Gasteiger charge is 2.14. The number of nitrogens with zero attached hydrogens (tertiary/aromatic N) is 2. The zero-order valence-corrected chi connectivity index (χ0v) is 16.9. The summed E-state index contributed by atoms with van der Waals surface area (Å²) in [5.41, 5.74) is 0.478. The molecule has 0 spiro atoms. The number of anilines is 1. The molecule has 152 valence electrons. The van der Waals surface area contributed by atoms with E-state index in [0.717, 1.165) is 0 Å². The summed E-state index contributed by atoms with van der Waals surface area (Å²) in [4.78, 5) is 15.9. The number of H-pyrrole nitrogens is 1. The number of rotatable bonds is 10. The molecule has 11 heteroatoms. The van der Waals surface area contributed by atoms with Gasteiger partial charge in [0.2, 0.25) is 0 Å². The highest BCUT2D eigenvalue weighted by Crippen LogP contribution is 2.19. The first kappa shape index (κ1) is 20.7. The average molecular weight is 434 g/mol. The quantitative estimate of drug-likeness (QED) is 0.329. The molecule has 0 aliphatic carbocycles. The Morgan fingerprint density at radius 3 is 2.55 bits per heavy atom. The highest BCUT2D eigenvalue weighted by molar-refractivity contribution is 7.99. The lowest BCUT2D eigenvalue weighted by Gasteiger charge is -2.10. The maximum atomic E-state index is 12.4. The number of carbonyl (C=O) groups excluding carboxylic acids is 1. The Balaban J connectivity index is 1.43. The molecule has 0 fully saturated rings. The monoisotopic (exact) mass is 433 g/mol. The van der Waals surface area contributed by atoms with Crippen molar-refractivity contribution < 1.29 is 17.9 Å². The number of sulfonamides is 1. The number of nitrogens with one attached hydrogen (secondary N) is 3. The number of ether oxygens (including phenoxy) is 1. The van der Waals surface area contributed by atoms with Crippen molar-refractivity contribution in [1.82, 2.24) is 20.5 Å². The van der Waals surface area contributed by atoms with Crippen molar-refractivity contribution in [1.29, 1.82) is 0 Å². The molecule has 0 saturated carbocycles. The van der Waals surface area contributed by atoms with E-state index in [0.29, 0.717) is 28.9 Å².